The summed E-state index contributed by atoms with van der Waals surface area (Å²) in [4.78, 5) is 2.36. The van der Waals surface area contributed by atoms with Crippen LogP contribution in [0.3, 0.4) is 0 Å². The molecule has 0 atom stereocenters. The van der Waals surface area contributed by atoms with Gasteiger partial charge in [-0.2, -0.15) is 0 Å². The molecule has 0 fully saturated rings. The van der Waals surface area contributed by atoms with E-state index in [4.69, 9.17) is 4.42 Å². The lowest BCUT2D eigenvalue weighted by atomic mass is 9.84. The van der Waals surface area contributed by atoms with Crippen molar-refractivity contribution in [3.8, 4) is 33.4 Å². The van der Waals surface area contributed by atoms with Crippen molar-refractivity contribution in [3.05, 3.63) is 237 Å². The Labute approximate surface area is 370 Å². The standard InChI is InChI=1S/C62H39NO/c1-3-16-43(17-4-1)59-54-23-12-11-22-52(54)53-35-31-45(39-57(53)60(59)44-18-5-2-6-19-44)40-28-32-47(33-29-40)63(48-34-37-50-46(38-48)27-26-41-14-7-9-20-49(41)50)58-25-13-24-55-56-36-30-42-15-8-10-21-51(42)61(56)64-62(55)58/h1-39H. The van der Waals surface area contributed by atoms with Gasteiger partial charge in [-0.25, -0.2) is 0 Å². The quantitative estimate of drug-likeness (QED) is 0.156. The van der Waals surface area contributed by atoms with Crippen LogP contribution in [0.15, 0.2) is 241 Å². The van der Waals surface area contributed by atoms with Crippen molar-refractivity contribution >= 4 is 92.9 Å². The van der Waals surface area contributed by atoms with Gasteiger partial charge in [0.05, 0.1) is 5.69 Å². The van der Waals surface area contributed by atoms with Gasteiger partial charge in [-0.05, 0) is 124 Å². The molecule has 64 heavy (non-hydrogen) atoms. The van der Waals surface area contributed by atoms with Crippen molar-refractivity contribution in [2.45, 2.75) is 0 Å². The van der Waals surface area contributed by atoms with Gasteiger partial charge in [0.1, 0.15) is 5.58 Å². The molecule has 0 radical (unpaired) electrons. The maximum absolute atomic E-state index is 6.98. The van der Waals surface area contributed by atoms with Crippen LogP contribution in [0.5, 0.6) is 0 Å². The Morgan fingerprint density at radius 3 is 1.52 bits per heavy atom. The van der Waals surface area contributed by atoms with Crippen LogP contribution in [0.4, 0.5) is 17.1 Å². The highest BCUT2D eigenvalue weighted by Gasteiger charge is 2.22. The molecule has 1 heterocycles. The van der Waals surface area contributed by atoms with Crippen molar-refractivity contribution in [2.75, 3.05) is 4.90 Å². The van der Waals surface area contributed by atoms with Crippen LogP contribution in [0.2, 0.25) is 0 Å². The molecule has 13 rings (SSSR count). The summed E-state index contributed by atoms with van der Waals surface area (Å²) >= 11 is 0. The molecule has 0 aliphatic rings. The average molecular weight is 814 g/mol. The fraction of sp³-hybridized carbons (Fsp3) is 0. The van der Waals surface area contributed by atoms with Crippen molar-refractivity contribution in [1.29, 1.82) is 0 Å². The highest BCUT2D eigenvalue weighted by Crippen LogP contribution is 2.47. The summed E-state index contributed by atoms with van der Waals surface area (Å²) in [5.41, 5.74) is 12.1. The molecule has 0 aliphatic heterocycles. The van der Waals surface area contributed by atoms with Gasteiger partial charge in [0.15, 0.2) is 5.58 Å². The number of hydrogen-bond donors (Lipinski definition) is 0. The van der Waals surface area contributed by atoms with Crippen LogP contribution in [-0.4, -0.2) is 0 Å². The Hall–Kier alpha value is -8.46. The molecule has 13 aromatic rings. The second-order valence-corrected chi connectivity index (χ2v) is 16.8. The molecule has 0 N–H and O–H groups in total. The normalized spacial score (nSPS) is 11.8. The van der Waals surface area contributed by atoms with E-state index in [0.717, 1.165) is 50.0 Å². The Morgan fingerprint density at radius 1 is 0.250 bits per heavy atom. The molecular formula is C62H39NO. The predicted molar refractivity (Wildman–Crippen MR) is 272 cm³/mol. The minimum atomic E-state index is 0.862. The molecule has 2 nitrogen and oxygen atoms in total. The minimum Gasteiger partial charge on any atom is -0.453 e. The van der Waals surface area contributed by atoms with Gasteiger partial charge in [-0.15, -0.1) is 0 Å². The largest absolute Gasteiger partial charge is 0.453 e. The lowest BCUT2D eigenvalue weighted by molar-refractivity contribution is 0.673. The number of fused-ring (bicyclic) bond motifs is 11. The van der Waals surface area contributed by atoms with E-state index in [1.165, 1.54) is 76.3 Å². The predicted octanol–water partition coefficient (Wildman–Crippen LogP) is 17.8. The first-order valence-electron chi connectivity index (χ1n) is 22.0. The van der Waals surface area contributed by atoms with Crippen LogP contribution in [0.25, 0.3) is 109 Å². The third-order valence-electron chi connectivity index (χ3n) is 13.2. The van der Waals surface area contributed by atoms with Gasteiger partial charge in [0.2, 0.25) is 0 Å². The summed E-state index contributed by atoms with van der Waals surface area (Å²) in [6.07, 6.45) is 0. The molecule has 12 aromatic carbocycles. The maximum atomic E-state index is 6.98. The van der Waals surface area contributed by atoms with E-state index in [9.17, 15) is 0 Å². The van der Waals surface area contributed by atoms with Gasteiger partial charge in [-0.1, -0.05) is 194 Å². The lowest BCUT2D eigenvalue weighted by Gasteiger charge is -2.26. The zero-order chi connectivity index (χ0) is 42.1. The molecule has 0 saturated carbocycles. The Balaban J connectivity index is 1.00. The van der Waals surface area contributed by atoms with Gasteiger partial charge in [0, 0.05) is 27.5 Å². The Morgan fingerprint density at radius 2 is 0.750 bits per heavy atom. The summed E-state index contributed by atoms with van der Waals surface area (Å²) in [5.74, 6) is 0. The van der Waals surface area contributed by atoms with Crippen LogP contribution in [0.1, 0.15) is 0 Å². The Bertz CT molecular complexity index is 3940. The third-order valence-corrected chi connectivity index (χ3v) is 13.2. The summed E-state index contributed by atoms with van der Waals surface area (Å²) < 4.78 is 6.98. The van der Waals surface area contributed by atoms with Gasteiger partial charge in [-0.3, -0.25) is 0 Å². The van der Waals surface area contributed by atoms with Gasteiger partial charge >= 0.3 is 0 Å². The topological polar surface area (TPSA) is 16.4 Å². The average Bonchev–Trinajstić information content (AvgIpc) is 3.77. The molecule has 0 bridgehead atoms. The van der Waals surface area contributed by atoms with E-state index in [2.05, 4.69) is 241 Å². The SMILES string of the molecule is c1ccc(-c2c(-c3ccccc3)c3cc(-c4ccc(N(c5ccc6c(ccc7ccccc76)c5)c5cccc6c5oc5c7ccccc7ccc65)cc4)ccc3c3ccccc23)cc1. The highest BCUT2D eigenvalue weighted by molar-refractivity contribution is 6.22. The molecule has 0 unspecified atom stereocenters. The highest BCUT2D eigenvalue weighted by atomic mass is 16.3. The van der Waals surface area contributed by atoms with Crippen LogP contribution >= 0.6 is 0 Å². The van der Waals surface area contributed by atoms with Gasteiger partial charge in [0.25, 0.3) is 0 Å². The Kier molecular flexibility index (Phi) is 8.25. The number of hydrogen-bond acceptors (Lipinski definition) is 2. The number of furan rings is 1. The molecule has 0 spiro atoms. The number of benzene rings is 12. The van der Waals surface area contributed by atoms with E-state index in [1.807, 2.05) is 0 Å². The first kappa shape index (κ1) is 36.2. The minimum absolute atomic E-state index is 0.862. The first-order valence-corrected chi connectivity index (χ1v) is 22.0. The second kappa shape index (κ2) is 14.6. The molecule has 1 aromatic heterocycles. The third kappa shape index (κ3) is 5.73. The summed E-state index contributed by atoms with van der Waals surface area (Å²) in [6, 6.07) is 86.0. The van der Waals surface area contributed by atoms with Crippen LogP contribution in [0, 0.1) is 0 Å². The fourth-order valence-corrected chi connectivity index (χ4v) is 10.2. The smallest absolute Gasteiger partial charge is 0.159 e. The zero-order valence-electron chi connectivity index (χ0n) is 34.9. The van der Waals surface area contributed by atoms with Crippen LogP contribution in [-0.2, 0) is 0 Å². The van der Waals surface area contributed by atoms with Crippen molar-refractivity contribution in [3.63, 3.8) is 0 Å². The molecule has 298 valence electrons. The number of anilines is 3. The fourth-order valence-electron chi connectivity index (χ4n) is 10.2. The second-order valence-electron chi connectivity index (χ2n) is 16.8. The molecule has 0 amide bonds. The van der Waals surface area contributed by atoms with E-state index in [0.29, 0.717) is 0 Å². The maximum Gasteiger partial charge on any atom is 0.159 e. The summed E-state index contributed by atoms with van der Waals surface area (Å²) in [6.45, 7) is 0. The number of para-hydroxylation sites is 1. The van der Waals surface area contributed by atoms with E-state index in [-0.39, 0.29) is 0 Å². The van der Waals surface area contributed by atoms with E-state index >= 15 is 0 Å². The number of nitrogens with zero attached hydrogens (tertiary/aromatic N) is 1. The van der Waals surface area contributed by atoms with Crippen molar-refractivity contribution in [2.24, 2.45) is 0 Å². The molecule has 0 saturated heterocycles. The molecular weight excluding hydrogens is 775 g/mol. The summed E-state index contributed by atoms with van der Waals surface area (Å²) in [5, 5.41) is 14.4. The van der Waals surface area contributed by atoms with E-state index in [1.54, 1.807) is 0 Å². The van der Waals surface area contributed by atoms with Crippen molar-refractivity contribution in [1.82, 2.24) is 0 Å². The van der Waals surface area contributed by atoms with E-state index < -0.39 is 0 Å². The summed E-state index contributed by atoms with van der Waals surface area (Å²) in [7, 11) is 0. The lowest BCUT2D eigenvalue weighted by Crippen LogP contribution is -2.10. The number of rotatable bonds is 6. The zero-order valence-corrected chi connectivity index (χ0v) is 34.9. The van der Waals surface area contributed by atoms with Crippen LogP contribution < -0.4 is 4.90 Å². The van der Waals surface area contributed by atoms with Gasteiger partial charge < -0.3 is 9.32 Å². The first-order chi connectivity index (χ1) is 31.7. The molecule has 2 heteroatoms. The molecule has 0 aliphatic carbocycles. The van der Waals surface area contributed by atoms with Crippen molar-refractivity contribution < 1.29 is 4.42 Å². The monoisotopic (exact) mass is 813 g/mol.